The summed E-state index contributed by atoms with van der Waals surface area (Å²) in [5, 5.41) is 4.08. The van der Waals surface area contributed by atoms with E-state index in [1.54, 1.807) is 0 Å². The zero-order chi connectivity index (χ0) is 14.3. The highest BCUT2D eigenvalue weighted by molar-refractivity contribution is 6.31. The van der Waals surface area contributed by atoms with Gasteiger partial charge in [-0.1, -0.05) is 11.6 Å². The summed E-state index contributed by atoms with van der Waals surface area (Å²) in [4.78, 5) is 4.84. The first-order chi connectivity index (χ1) is 9.61. The molecule has 5 heteroatoms. The second-order valence-electron chi connectivity index (χ2n) is 5.61. The van der Waals surface area contributed by atoms with Gasteiger partial charge in [-0.05, 0) is 39.1 Å². The summed E-state index contributed by atoms with van der Waals surface area (Å²) in [6.45, 7) is 5.81. The molecule has 3 rings (SSSR count). The van der Waals surface area contributed by atoms with Crippen LogP contribution in [0.25, 0.3) is 11.0 Å². The van der Waals surface area contributed by atoms with E-state index in [1.807, 2.05) is 25.2 Å². The number of fused-ring (bicyclic) bond motifs is 1. The second kappa shape index (κ2) is 5.35. The van der Waals surface area contributed by atoms with Crippen molar-refractivity contribution in [2.45, 2.75) is 31.8 Å². The van der Waals surface area contributed by atoms with Crippen LogP contribution in [0.2, 0.25) is 5.02 Å². The van der Waals surface area contributed by atoms with Crippen LogP contribution in [0.5, 0.6) is 0 Å². The molecule has 0 radical (unpaired) electrons. The zero-order valence-corrected chi connectivity index (χ0v) is 12.8. The Hall–Kier alpha value is -1.10. The topological polar surface area (TPSA) is 39.1 Å². The number of ether oxygens (including phenoxy) is 1. The molecular weight excluding hydrogens is 274 g/mol. The van der Waals surface area contributed by atoms with Crippen LogP contribution in [-0.4, -0.2) is 35.9 Å². The summed E-state index contributed by atoms with van der Waals surface area (Å²) >= 11 is 6.14. The lowest BCUT2D eigenvalue weighted by atomic mass is 10.0. The van der Waals surface area contributed by atoms with Crippen LogP contribution in [0, 0.1) is 0 Å². The highest BCUT2D eigenvalue weighted by Crippen LogP contribution is 2.31. The monoisotopic (exact) mass is 293 g/mol. The molecule has 0 amide bonds. The van der Waals surface area contributed by atoms with Gasteiger partial charge in [0.2, 0.25) is 0 Å². The molecule has 1 aliphatic rings. The Labute approximate surface area is 124 Å². The van der Waals surface area contributed by atoms with Crippen LogP contribution in [0.1, 0.15) is 31.6 Å². The van der Waals surface area contributed by atoms with E-state index in [1.165, 1.54) is 0 Å². The van der Waals surface area contributed by atoms with E-state index in [0.717, 1.165) is 35.1 Å². The van der Waals surface area contributed by atoms with Crippen LogP contribution in [-0.2, 0) is 4.74 Å². The molecule has 2 atom stereocenters. The Kier molecular flexibility index (Phi) is 3.71. The minimum atomic E-state index is 0.286. The molecule has 0 aliphatic carbocycles. The molecule has 0 saturated carbocycles. The number of nitrogens with one attached hydrogen (secondary N) is 1. The third kappa shape index (κ3) is 2.22. The molecule has 2 heterocycles. The van der Waals surface area contributed by atoms with E-state index in [2.05, 4.69) is 23.7 Å². The SMILES string of the molecule is CNC1COCC1c1nc2ccc(Cl)cc2n1C(C)C. The van der Waals surface area contributed by atoms with Crippen LogP contribution in [0.15, 0.2) is 18.2 Å². The predicted octanol–water partition coefficient (Wildman–Crippen LogP) is 2.97. The molecule has 1 saturated heterocycles. The number of aromatic nitrogens is 2. The van der Waals surface area contributed by atoms with E-state index in [0.29, 0.717) is 12.1 Å². The number of hydrogen-bond acceptors (Lipinski definition) is 3. The Morgan fingerprint density at radius 3 is 2.90 bits per heavy atom. The van der Waals surface area contributed by atoms with Gasteiger partial charge in [-0.3, -0.25) is 0 Å². The molecule has 0 bridgehead atoms. The fourth-order valence-electron chi connectivity index (χ4n) is 2.98. The minimum Gasteiger partial charge on any atom is -0.379 e. The highest BCUT2D eigenvalue weighted by Gasteiger charge is 2.33. The van der Waals surface area contributed by atoms with E-state index >= 15 is 0 Å². The molecule has 108 valence electrons. The number of nitrogens with zero attached hydrogens (tertiary/aromatic N) is 2. The number of rotatable bonds is 3. The fraction of sp³-hybridized carbons (Fsp3) is 0.533. The van der Waals surface area contributed by atoms with Crippen LogP contribution < -0.4 is 5.32 Å². The summed E-state index contributed by atoms with van der Waals surface area (Å²) in [7, 11) is 1.98. The summed E-state index contributed by atoms with van der Waals surface area (Å²) < 4.78 is 7.91. The lowest BCUT2D eigenvalue weighted by Crippen LogP contribution is -2.32. The van der Waals surface area contributed by atoms with Crippen LogP contribution in [0.4, 0.5) is 0 Å². The van der Waals surface area contributed by atoms with Crippen molar-refractivity contribution in [2.75, 3.05) is 20.3 Å². The molecular formula is C15H20ClN3O. The van der Waals surface area contributed by atoms with Crippen molar-refractivity contribution in [1.29, 1.82) is 0 Å². The molecule has 1 aromatic carbocycles. The third-order valence-electron chi connectivity index (χ3n) is 3.98. The van der Waals surface area contributed by atoms with Gasteiger partial charge < -0.3 is 14.6 Å². The van der Waals surface area contributed by atoms with Crippen molar-refractivity contribution in [3.8, 4) is 0 Å². The van der Waals surface area contributed by atoms with E-state index in [4.69, 9.17) is 21.3 Å². The van der Waals surface area contributed by atoms with Gasteiger partial charge in [0.25, 0.3) is 0 Å². The summed E-state index contributed by atoms with van der Waals surface area (Å²) in [5.41, 5.74) is 2.10. The number of benzene rings is 1. The third-order valence-corrected chi connectivity index (χ3v) is 4.21. The largest absolute Gasteiger partial charge is 0.379 e. The van der Waals surface area contributed by atoms with Crippen LogP contribution >= 0.6 is 11.6 Å². The summed E-state index contributed by atoms with van der Waals surface area (Å²) in [6.07, 6.45) is 0. The smallest absolute Gasteiger partial charge is 0.117 e. The predicted molar refractivity (Wildman–Crippen MR) is 81.5 cm³/mol. The summed E-state index contributed by atoms with van der Waals surface area (Å²) in [6, 6.07) is 6.54. The van der Waals surface area contributed by atoms with Crippen molar-refractivity contribution in [3.63, 3.8) is 0 Å². The van der Waals surface area contributed by atoms with Gasteiger partial charge in [0.05, 0.1) is 30.2 Å². The molecule has 1 fully saturated rings. The normalized spacial score (nSPS) is 23.1. The van der Waals surface area contributed by atoms with Crippen molar-refractivity contribution in [3.05, 3.63) is 29.0 Å². The van der Waals surface area contributed by atoms with Crippen molar-refractivity contribution >= 4 is 22.6 Å². The van der Waals surface area contributed by atoms with Gasteiger partial charge in [0.1, 0.15) is 5.82 Å². The van der Waals surface area contributed by atoms with Crippen molar-refractivity contribution in [2.24, 2.45) is 0 Å². The Morgan fingerprint density at radius 2 is 2.20 bits per heavy atom. The van der Waals surface area contributed by atoms with E-state index in [9.17, 15) is 0 Å². The maximum Gasteiger partial charge on any atom is 0.117 e. The first kappa shape index (κ1) is 13.9. The molecule has 1 aliphatic heterocycles. The molecule has 4 nitrogen and oxygen atoms in total. The second-order valence-corrected chi connectivity index (χ2v) is 6.04. The van der Waals surface area contributed by atoms with E-state index < -0.39 is 0 Å². The highest BCUT2D eigenvalue weighted by atomic mass is 35.5. The quantitative estimate of drug-likeness (QED) is 0.945. The van der Waals surface area contributed by atoms with Crippen molar-refractivity contribution in [1.82, 2.24) is 14.9 Å². The van der Waals surface area contributed by atoms with Gasteiger partial charge in [-0.15, -0.1) is 0 Å². The number of imidazole rings is 1. The summed E-state index contributed by atoms with van der Waals surface area (Å²) in [5.74, 6) is 1.38. The number of halogens is 1. The molecule has 20 heavy (non-hydrogen) atoms. The molecule has 0 spiro atoms. The van der Waals surface area contributed by atoms with E-state index in [-0.39, 0.29) is 5.92 Å². The van der Waals surface area contributed by atoms with Gasteiger partial charge in [-0.2, -0.15) is 0 Å². The van der Waals surface area contributed by atoms with Crippen molar-refractivity contribution < 1.29 is 4.74 Å². The Morgan fingerprint density at radius 1 is 1.40 bits per heavy atom. The maximum atomic E-state index is 6.14. The molecule has 2 aromatic rings. The molecule has 2 unspecified atom stereocenters. The fourth-order valence-corrected chi connectivity index (χ4v) is 3.15. The Bertz CT molecular complexity index is 623. The average molecular weight is 294 g/mol. The first-order valence-corrected chi connectivity index (χ1v) is 7.42. The maximum absolute atomic E-state index is 6.14. The minimum absolute atomic E-state index is 0.286. The average Bonchev–Trinajstić information content (AvgIpc) is 3.00. The standard InChI is InChI=1S/C15H20ClN3O/c1-9(2)19-14-6-10(16)4-5-12(14)18-15(19)11-7-20-8-13(11)17-3/h4-6,9,11,13,17H,7-8H2,1-3H3. The van der Waals surface area contributed by atoms with Gasteiger partial charge >= 0.3 is 0 Å². The molecule has 1 aromatic heterocycles. The van der Waals surface area contributed by atoms with Gasteiger partial charge in [-0.25, -0.2) is 4.98 Å². The number of hydrogen-bond donors (Lipinski definition) is 1. The zero-order valence-electron chi connectivity index (χ0n) is 12.1. The number of likely N-dealkylation sites (N-methyl/N-ethyl adjacent to an activating group) is 1. The lowest BCUT2D eigenvalue weighted by Gasteiger charge is -2.20. The van der Waals surface area contributed by atoms with Gasteiger partial charge in [0, 0.05) is 17.1 Å². The molecule has 1 N–H and O–H groups in total. The van der Waals surface area contributed by atoms with Gasteiger partial charge in [0.15, 0.2) is 0 Å². The first-order valence-electron chi connectivity index (χ1n) is 7.04. The van der Waals surface area contributed by atoms with Crippen LogP contribution in [0.3, 0.4) is 0 Å². The lowest BCUT2D eigenvalue weighted by molar-refractivity contribution is 0.187. The Balaban J connectivity index is 2.17.